The molecule has 4 aromatic rings. The van der Waals surface area contributed by atoms with Crippen molar-refractivity contribution in [1.29, 1.82) is 0 Å². The SMILES string of the molecule is COc1ccc(-n2c(SCC(=O)Nc3ccc(F)cc3Cl)nc3[nH]ncc3c2=O)cc1Cl. The molecule has 12 heteroatoms. The van der Waals surface area contributed by atoms with Crippen LogP contribution in [0.5, 0.6) is 5.75 Å². The van der Waals surface area contributed by atoms with Crippen LogP contribution >= 0.6 is 35.0 Å². The van der Waals surface area contributed by atoms with Crippen LogP contribution in [0.25, 0.3) is 16.7 Å². The summed E-state index contributed by atoms with van der Waals surface area (Å²) in [6.07, 6.45) is 1.38. The second kappa shape index (κ2) is 9.19. The Morgan fingerprint density at radius 3 is 2.78 bits per heavy atom. The van der Waals surface area contributed by atoms with E-state index in [0.717, 1.165) is 17.8 Å². The summed E-state index contributed by atoms with van der Waals surface area (Å²) in [4.78, 5) is 30.0. The predicted molar refractivity (Wildman–Crippen MR) is 122 cm³/mol. The van der Waals surface area contributed by atoms with Crippen LogP contribution in [-0.2, 0) is 4.79 Å². The Labute approximate surface area is 194 Å². The molecule has 0 fully saturated rings. The van der Waals surface area contributed by atoms with Gasteiger partial charge in [-0.2, -0.15) is 5.10 Å². The Morgan fingerprint density at radius 1 is 1.25 bits per heavy atom. The molecule has 0 aliphatic rings. The van der Waals surface area contributed by atoms with Crippen LogP contribution in [0.15, 0.2) is 52.5 Å². The number of amides is 1. The summed E-state index contributed by atoms with van der Waals surface area (Å²) >= 11 is 13.2. The van der Waals surface area contributed by atoms with Gasteiger partial charge in [0.15, 0.2) is 10.8 Å². The number of hydrogen-bond acceptors (Lipinski definition) is 6. The minimum atomic E-state index is -0.512. The van der Waals surface area contributed by atoms with Gasteiger partial charge in [-0.05, 0) is 36.4 Å². The number of H-pyrrole nitrogens is 1. The van der Waals surface area contributed by atoms with Gasteiger partial charge < -0.3 is 10.1 Å². The number of halogens is 3. The summed E-state index contributed by atoms with van der Waals surface area (Å²) in [6, 6.07) is 8.50. The second-order valence-corrected chi connectivity index (χ2v) is 8.20. The summed E-state index contributed by atoms with van der Waals surface area (Å²) in [5.41, 5.74) is 0.626. The molecule has 2 aromatic carbocycles. The quantitative estimate of drug-likeness (QED) is 0.306. The highest BCUT2D eigenvalue weighted by Crippen LogP contribution is 2.29. The molecule has 2 aromatic heterocycles. The molecule has 1 amide bonds. The van der Waals surface area contributed by atoms with Crippen molar-refractivity contribution in [2.75, 3.05) is 18.2 Å². The van der Waals surface area contributed by atoms with Gasteiger partial charge >= 0.3 is 0 Å². The molecule has 2 heterocycles. The lowest BCUT2D eigenvalue weighted by Crippen LogP contribution is -2.22. The summed E-state index contributed by atoms with van der Waals surface area (Å²) in [5.74, 6) is -0.571. The molecule has 2 N–H and O–H groups in total. The highest BCUT2D eigenvalue weighted by Gasteiger charge is 2.17. The van der Waals surface area contributed by atoms with E-state index in [1.54, 1.807) is 18.2 Å². The maximum atomic E-state index is 13.2. The first-order chi connectivity index (χ1) is 15.4. The van der Waals surface area contributed by atoms with E-state index in [4.69, 9.17) is 27.9 Å². The third kappa shape index (κ3) is 4.43. The van der Waals surface area contributed by atoms with Gasteiger partial charge in [0.2, 0.25) is 5.91 Å². The first kappa shape index (κ1) is 22.1. The lowest BCUT2D eigenvalue weighted by molar-refractivity contribution is -0.113. The number of hydrogen-bond donors (Lipinski definition) is 2. The minimum Gasteiger partial charge on any atom is -0.495 e. The van der Waals surface area contributed by atoms with Crippen molar-refractivity contribution in [1.82, 2.24) is 19.7 Å². The summed E-state index contributed by atoms with van der Waals surface area (Å²) in [7, 11) is 1.49. The fourth-order valence-electron chi connectivity index (χ4n) is 2.90. The molecule has 0 atom stereocenters. The number of ether oxygens (including phenoxy) is 1. The van der Waals surface area contributed by atoms with Gasteiger partial charge in [0.1, 0.15) is 17.0 Å². The van der Waals surface area contributed by atoms with Crippen LogP contribution in [0.3, 0.4) is 0 Å². The zero-order chi connectivity index (χ0) is 22.8. The minimum absolute atomic E-state index is 0.0742. The van der Waals surface area contributed by atoms with E-state index in [-0.39, 0.29) is 38.2 Å². The molecule has 0 aliphatic heterocycles. The van der Waals surface area contributed by atoms with Gasteiger partial charge in [-0.25, -0.2) is 9.37 Å². The van der Waals surface area contributed by atoms with Crippen molar-refractivity contribution in [3.8, 4) is 11.4 Å². The van der Waals surface area contributed by atoms with Crippen LogP contribution in [-0.4, -0.2) is 38.5 Å². The van der Waals surface area contributed by atoms with E-state index in [1.165, 1.54) is 30.0 Å². The molecular weight excluding hydrogens is 480 g/mol. The third-order valence-electron chi connectivity index (χ3n) is 4.38. The van der Waals surface area contributed by atoms with E-state index in [9.17, 15) is 14.0 Å². The van der Waals surface area contributed by atoms with Crippen molar-refractivity contribution in [3.63, 3.8) is 0 Å². The standard InChI is InChI=1S/C20H14Cl2FN5O3S/c1-31-16-5-3-11(7-14(16)22)28-19(30)12-8-24-27-18(12)26-20(28)32-9-17(29)25-15-4-2-10(23)6-13(15)21/h2-8H,9H2,1H3,(H,24,27)(H,25,29). The van der Waals surface area contributed by atoms with Crippen LogP contribution in [0.4, 0.5) is 10.1 Å². The lowest BCUT2D eigenvalue weighted by Gasteiger charge is -2.13. The highest BCUT2D eigenvalue weighted by atomic mass is 35.5. The van der Waals surface area contributed by atoms with Gasteiger partial charge in [-0.15, -0.1) is 0 Å². The Kier molecular flexibility index (Phi) is 6.35. The second-order valence-electron chi connectivity index (χ2n) is 6.45. The number of carbonyl (C=O) groups is 1. The molecule has 0 bridgehead atoms. The van der Waals surface area contributed by atoms with Gasteiger partial charge in [0.05, 0.1) is 40.5 Å². The summed E-state index contributed by atoms with van der Waals surface area (Å²) < 4.78 is 19.7. The molecule has 8 nitrogen and oxygen atoms in total. The molecule has 164 valence electrons. The van der Waals surface area contributed by atoms with Crippen LogP contribution in [0.2, 0.25) is 10.0 Å². The number of benzene rings is 2. The lowest BCUT2D eigenvalue weighted by atomic mass is 10.3. The van der Waals surface area contributed by atoms with E-state index in [1.807, 2.05) is 0 Å². The number of nitrogens with zero attached hydrogens (tertiary/aromatic N) is 3. The van der Waals surface area contributed by atoms with E-state index >= 15 is 0 Å². The highest BCUT2D eigenvalue weighted by molar-refractivity contribution is 7.99. The number of fused-ring (bicyclic) bond motifs is 1. The van der Waals surface area contributed by atoms with Gasteiger partial charge in [0, 0.05) is 0 Å². The molecule has 4 rings (SSSR count). The molecular formula is C20H14Cl2FN5O3S. The smallest absolute Gasteiger partial charge is 0.269 e. The number of methoxy groups -OCH3 is 1. The molecule has 32 heavy (non-hydrogen) atoms. The first-order valence-corrected chi connectivity index (χ1v) is 10.8. The Bertz CT molecular complexity index is 1390. The van der Waals surface area contributed by atoms with Gasteiger partial charge in [0.25, 0.3) is 5.56 Å². The van der Waals surface area contributed by atoms with E-state index in [0.29, 0.717) is 16.5 Å². The van der Waals surface area contributed by atoms with Crippen molar-refractivity contribution in [3.05, 3.63) is 68.8 Å². The van der Waals surface area contributed by atoms with Crippen molar-refractivity contribution < 1.29 is 13.9 Å². The molecule has 0 spiro atoms. The molecule has 0 saturated carbocycles. The zero-order valence-electron chi connectivity index (χ0n) is 16.4. The van der Waals surface area contributed by atoms with Gasteiger partial charge in [-0.1, -0.05) is 35.0 Å². The molecule has 0 aliphatic carbocycles. The number of thioether (sulfide) groups is 1. The topological polar surface area (TPSA) is 102 Å². The fourth-order valence-corrected chi connectivity index (χ4v) is 4.17. The number of nitrogens with one attached hydrogen (secondary N) is 2. The average molecular weight is 494 g/mol. The Hall–Kier alpha value is -3.08. The van der Waals surface area contributed by atoms with Crippen molar-refractivity contribution in [2.24, 2.45) is 0 Å². The molecule has 0 unspecified atom stereocenters. The molecule has 0 saturated heterocycles. The predicted octanol–water partition coefficient (Wildman–Crippen LogP) is 4.29. The number of rotatable bonds is 6. The van der Waals surface area contributed by atoms with Crippen LogP contribution < -0.4 is 15.6 Å². The third-order valence-corrected chi connectivity index (χ3v) is 5.93. The normalized spacial score (nSPS) is 11.0. The van der Waals surface area contributed by atoms with Crippen LogP contribution in [0.1, 0.15) is 0 Å². The van der Waals surface area contributed by atoms with Crippen LogP contribution in [0, 0.1) is 5.82 Å². The first-order valence-electron chi connectivity index (χ1n) is 9.05. The average Bonchev–Trinajstić information content (AvgIpc) is 3.23. The summed E-state index contributed by atoms with van der Waals surface area (Å²) in [5, 5.41) is 10.0. The van der Waals surface area contributed by atoms with Crippen molar-refractivity contribution in [2.45, 2.75) is 5.16 Å². The molecule has 0 radical (unpaired) electrons. The number of aromatic amines is 1. The zero-order valence-corrected chi connectivity index (χ0v) is 18.7. The number of aromatic nitrogens is 4. The maximum absolute atomic E-state index is 13.2. The van der Waals surface area contributed by atoms with E-state index < -0.39 is 11.7 Å². The van der Waals surface area contributed by atoms with Gasteiger partial charge in [-0.3, -0.25) is 19.3 Å². The van der Waals surface area contributed by atoms with Crippen molar-refractivity contribution >= 4 is 57.6 Å². The number of carbonyl (C=O) groups excluding carboxylic acids is 1. The monoisotopic (exact) mass is 493 g/mol. The maximum Gasteiger partial charge on any atom is 0.269 e. The van der Waals surface area contributed by atoms with E-state index in [2.05, 4.69) is 20.5 Å². The largest absolute Gasteiger partial charge is 0.495 e. The Morgan fingerprint density at radius 2 is 2.06 bits per heavy atom. The fraction of sp³-hybridized carbons (Fsp3) is 0.100. The number of anilines is 1. The summed E-state index contributed by atoms with van der Waals surface area (Å²) in [6.45, 7) is 0. The Balaban J connectivity index is 1.66.